The van der Waals surface area contributed by atoms with Gasteiger partial charge in [-0.2, -0.15) is 4.31 Å². The molecule has 0 radical (unpaired) electrons. The van der Waals surface area contributed by atoms with Crippen LogP contribution in [0.1, 0.15) is 39.5 Å². The first-order valence-electron chi connectivity index (χ1n) is 8.65. The van der Waals surface area contributed by atoms with Crippen LogP contribution in [0.4, 0.5) is 5.69 Å². The van der Waals surface area contributed by atoms with Crippen LogP contribution in [0.5, 0.6) is 0 Å². The number of nitrogens with one attached hydrogen (secondary N) is 1. The number of hydrogen-bond acceptors (Lipinski definition) is 4. The maximum atomic E-state index is 12.7. The van der Waals surface area contributed by atoms with Crippen molar-refractivity contribution in [1.29, 1.82) is 0 Å². The lowest BCUT2D eigenvalue weighted by Gasteiger charge is -2.26. The predicted molar refractivity (Wildman–Crippen MR) is 107 cm³/mol. The molecule has 2 atom stereocenters. The van der Waals surface area contributed by atoms with E-state index in [1.54, 1.807) is 19.9 Å². The summed E-state index contributed by atoms with van der Waals surface area (Å²) in [6.07, 6.45) is 3.33. The zero-order chi connectivity index (χ0) is 18.6. The third-order valence-corrected chi connectivity index (χ3v) is 7.14. The Morgan fingerprint density at radius 2 is 1.96 bits per heavy atom. The van der Waals surface area contributed by atoms with E-state index in [1.807, 2.05) is 0 Å². The van der Waals surface area contributed by atoms with E-state index in [0.717, 1.165) is 19.3 Å². The average Bonchev–Trinajstić information content (AvgIpc) is 2.57. The summed E-state index contributed by atoms with van der Waals surface area (Å²) in [6, 6.07) is 4.59. The summed E-state index contributed by atoms with van der Waals surface area (Å²) in [5.41, 5.74) is 6.37. The van der Waals surface area contributed by atoms with Gasteiger partial charge < -0.3 is 11.1 Å². The minimum Gasteiger partial charge on any atom is -0.328 e. The largest absolute Gasteiger partial charge is 0.328 e. The van der Waals surface area contributed by atoms with Crippen molar-refractivity contribution >= 4 is 45.6 Å². The first-order chi connectivity index (χ1) is 11.8. The Kier molecular flexibility index (Phi) is 8.82. The van der Waals surface area contributed by atoms with Gasteiger partial charge in [-0.05, 0) is 37.5 Å². The van der Waals surface area contributed by atoms with Crippen LogP contribution < -0.4 is 11.1 Å². The Hall–Kier alpha value is -0.860. The lowest BCUT2D eigenvalue weighted by molar-refractivity contribution is -0.120. The van der Waals surface area contributed by atoms with Crippen LogP contribution in [0.2, 0.25) is 5.02 Å². The minimum absolute atomic E-state index is 0. The number of halogens is 2. The molecule has 1 saturated carbocycles. The molecule has 0 saturated heterocycles. The number of benzene rings is 1. The lowest BCUT2D eigenvalue weighted by atomic mass is 9.85. The highest BCUT2D eigenvalue weighted by molar-refractivity contribution is 7.89. The van der Waals surface area contributed by atoms with Gasteiger partial charge in [0.05, 0.1) is 5.02 Å². The van der Waals surface area contributed by atoms with Gasteiger partial charge in [-0.1, -0.05) is 31.9 Å². The van der Waals surface area contributed by atoms with Gasteiger partial charge in [-0.3, -0.25) is 4.79 Å². The van der Waals surface area contributed by atoms with Gasteiger partial charge in [0.2, 0.25) is 15.9 Å². The third kappa shape index (κ3) is 5.33. The highest BCUT2D eigenvalue weighted by atomic mass is 35.5. The summed E-state index contributed by atoms with van der Waals surface area (Å²) in [4.78, 5) is 12.5. The second kappa shape index (κ2) is 9.90. The fourth-order valence-electron chi connectivity index (χ4n) is 3.19. The van der Waals surface area contributed by atoms with Crippen LogP contribution in [0, 0.1) is 5.92 Å². The SMILES string of the molecule is CCN(CC)S(=O)(=O)c1cc(NC(=O)C2CCCC(N)C2)ccc1Cl.Cl. The van der Waals surface area contributed by atoms with E-state index in [9.17, 15) is 13.2 Å². The second-order valence-corrected chi connectivity index (χ2v) is 8.66. The number of nitrogens with two attached hydrogens (primary N) is 1. The van der Waals surface area contributed by atoms with Crippen LogP contribution in [0.15, 0.2) is 23.1 Å². The van der Waals surface area contributed by atoms with Gasteiger partial charge in [0.15, 0.2) is 0 Å². The molecule has 9 heteroatoms. The molecule has 0 spiro atoms. The molecule has 3 N–H and O–H groups in total. The molecular formula is C17H27Cl2N3O3S. The normalized spacial score (nSPS) is 20.5. The number of anilines is 1. The summed E-state index contributed by atoms with van der Waals surface area (Å²) in [5.74, 6) is -0.258. The Bertz CT molecular complexity index is 724. The van der Waals surface area contributed by atoms with Crippen LogP contribution in [-0.2, 0) is 14.8 Å². The topological polar surface area (TPSA) is 92.5 Å². The molecule has 1 aliphatic rings. The molecule has 2 unspecified atom stereocenters. The smallest absolute Gasteiger partial charge is 0.244 e. The van der Waals surface area contributed by atoms with E-state index in [2.05, 4.69) is 5.32 Å². The Morgan fingerprint density at radius 1 is 1.31 bits per heavy atom. The molecule has 1 aromatic rings. The summed E-state index contributed by atoms with van der Waals surface area (Å²) in [7, 11) is -3.69. The quantitative estimate of drug-likeness (QED) is 0.733. The molecule has 0 bridgehead atoms. The van der Waals surface area contributed by atoms with Crippen molar-refractivity contribution in [3.05, 3.63) is 23.2 Å². The van der Waals surface area contributed by atoms with E-state index in [-0.39, 0.29) is 40.2 Å². The summed E-state index contributed by atoms with van der Waals surface area (Å²) in [5, 5.41) is 2.95. The zero-order valence-corrected chi connectivity index (χ0v) is 17.5. The van der Waals surface area contributed by atoms with Gasteiger partial charge in [0, 0.05) is 30.7 Å². The Morgan fingerprint density at radius 3 is 2.54 bits per heavy atom. The van der Waals surface area contributed by atoms with Crippen molar-refractivity contribution in [3.63, 3.8) is 0 Å². The molecule has 1 aromatic carbocycles. The lowest BCUT2D eigenvalue weighted by Crippen LogP contribution is -2.34. The molecule has 0 heterocycles. The molecule has 0 aliphatic heterocycles. The van der Waals surface area contributed by atoms with Gasteiger partial charge >= 0.3 is 0 Å². The molecule has 6 nitrogen and oxygen atoms in total. The molecule has 26 heavy (non-hydrogen) atoms. The van der Waals surface area contributed by atoms with Crippen LogP contribution in [0.25, 0.3) is 0 Å². The molecule has 0 aromatic heterocycles. The summed E-state index contributed by atoms with van der Waals surface area (Å²) >= 11 is 6.11. The maximum Gasteiger partial charge on any atom is 0.244 e. The number of nitrogens with zero attached hydrogens (tertiary/aromatic N) is 1. The number of amides is 1. The highest BCUT2D eigenvalue weighted by Crippen LogP contribution is 2.29. The fourth-order valence-corrected chi connectivity index (χ4v) is 5.15. The van der Waals surface area contributed by atoms with Gasteiger partial charge in [0.1, 0.15) is 4.90 Å². The maximum absolute atomic E-state index is 12.7. The molecule has 148 valence electrons. The predicted octanol–water partition coefficient (Wildman–Crippen LogP) is 3.25. The monoisotopic (exact) mass is 423 g/mol. The summed E-state index contributed by atoms with van der Waals surface area (Å²) < 4.78 is 26.8. The Labute approximate surface area is 166 Å². The second-order valence-electron chi connectivity index (χ2n) is 6.35. The number of sulfonamides is 1. The number of rotatable bonds is 6. The average molecular weight is 424 g/mol. The Balaban J connectivity index is 0.00000338. The van der Waals surface area contributed by atoms with E-state index in [4.69, 9.17) is 17.3 Å². The molecule has 1 fully saturated rings. The summed E-state index contributed by atoms with van der Waals surface area (Å²) in [6.45, 7) is 4.25. The highest BCUT2D eigenvalue weighted by Gasteiger charge is 2.27. The minimum atomic E-state index is -3.69. The van der Waals surface area contributed by atoms with Crippen molar-refractivity contribution in [2.75, 3.05) is 18.4 Å². The van der Waals surface area contributed by atoms with Gasteiger partial charge in [0.25, 0.3) is 0 Å². The first kappa shape index (κ1) is 23.2. The van der Waals surface area contributed by atoms with Gasteiger partial charge in [-0.25, -0.2) is 8.42 Å². The van der Waals surface area contributed by atoms with Crippen molar-refractivity contribution < 1.29 is 13.2 Å². The number of hydrogen-bond donors (Lipinski definition) is 2. The standard InChI is InChI=1S/C17H26ClN3O3S.ClH/c1-3-21(4-2)25(23,24)16-11-14(8-9-15(16)18)20-17(22)12-6-5-7-13(19)10-12;/h8-9,11-13H,3-7,10,19H2,1-2H3,(H,20,22);1H. The third-order valence-electron chi connectivity index (χ3n) is 4.61. The molecule has 1 aliphatic carbocycles. The van der Waals surface area contributed by atoms with E-state index >= 15 is 0 Å². The van der Waals surface area contributed by atoms with E-state index < -0.39 is 10.0 Å². The zero-order valence-electron chi connectivity index (χ0n) is 15.1. The van der Waals surface area contributed by atoms with Crippen molar-refractivity contribution in [2.45, 2.75) is 50.5 Å². The number of carbonyl (C=O) groups is 1. The van der Waals surface area contributed by atoms with Crippen LogP contribution >= 0.6 is 24.0 Å². The van der Waals surface area contributed by atoms with E-state index in [0.29, 0.717) is 25.2 Å². The van der Waals surface area contributed by atoms with Gasteiger partial charge in [-0.15, -0.1) is 12.4 Å². The molecular weight excluding hydrogens is 397 g/mol. The van der Waals surface area contributed by atoms with Crippen molar-refractivity contribution in [3.8, 4) is 0 Å². The van der Waals surface area contributed by atoms with Crippen LogP contribution in [0.3, 0.4) is 0 Å². The van der Waals surface area contributed by atoms with Crippen molar-refractivity contribution in [2.24, 2.45) is 11.7 Å². The molecule has 1 amide bonds. The van der Waals surface area contributed by atoms with E-state index in [1.165, 1.54) is 16.4 Å². The first-order valence-corrected chi connectivity index (χ1v) is 10.5. The molecule has 2 rings (SSSR count). The number of carbonyl (C=O) groups excluding carboxylic acids is 1. The van der Waals surface area contributed by atoms with Crippen molar-refractivity contribution in [1.82, 2.24) is 4.31 Å². The van der Waals surface area contributed by atoms with Crippen LogP contribution in [-0.4, -0.2) is 37.8 Å². The fraction of sp³-hybridized carbons (Fsp3) is 0.588.